The molecule has 242 valence electrons. The fourth-order valence-corrected chi connectivity index (χ4v) is 8.82. The lowest BCUT2D eigenvalue weighted by Crippen LogP contribution is -2.36. The van der Waals surface area contributed by atoms with Gasteiger partial charge in [-0.25, -0.2) is 9.97 Å². The molecule has 1 spiro atoms. The quantitative estimate of drug-likeness (QED) is 0.206. The maximum absolute atomic E-state index is 11.2. The first-order chi connectivity index (χ1) is 25.1. The first-order valence-corrected chi connectivity index (χ1v) is 17.4. The van der Waals surface area contributed by atoms with E-state index < -0.39 is 5.41 Å². The summed E-state index contributed by atoms with van der Waals surface area (Å²) in [5.41, 5.74) is 16.1. The standard InChI is InChI=1S/C47H33N3O/c1-29-12-11-13-30(2)45(29)34-23-26-43(51)46-35(34)22-25-40(49-46)31-21-24-39-42(28-31)50(44-20-9-10-27-48-44)41-19-8-7-18-38(41)47(39)36-16-5-3-14-32(36)33-15-4-6-17-37(33)47/h3-28,51H,1-2H3. The number of anilines is 3. The van der Waals surface area contributed by atoms with E-state index in [2.05, 4.69) is 146 Å². The number of aromatic nitrogens is 2. The van der Waals surface area contributed by atoms with E-state index in [1.807, 2.05) is 24.4 Å². The van der Waals surface area contributed by atoms with Gasteiger partial charge in [-0.2, -0.15) is 0 Å². The van der Waals surface area contributed by atoms with Gasteiger partial charge in [0.25, 0.3) is 0 Å². The van der Waals surface area contributed by atoms with E-state index in [-0.39, 0.29) is 5.75 Å². The third-order valence-electron chi connectivity index (χ3n) is 10.9. The van der Waals surface area contributed by atoms with Crippen molar-refractivity contribution in [3.8, 4) is 39.3 Å². The third-order valence-corrected chi connectivity index (χ3v) is 10.9. The van der Waals surface area contributed by atoms with Gasteiger partial charge >= 0.3 is 0 Å². The number of aromatic hydroxyl groups is 1. The summed E-state index contributed by atoms with van der Waals surface area (Å²) in [6.07, 6.45) is 1.85. The number of hydrogen-bond acceptors (Lipinski definition) is 4. The number of benzene rings is 6. The van der Waals surface area contributed by atoms with Gasteiger partial charge in [-0.1, -0.05) is 103 Å². The molecule has 0 amide bonds. The van der Waals surface area contributed by atoms with E-state index in [4.69, 9.17) is 9.97 Å². The van der Waals surface area contributed by atoms with Crippen molar-refractivity contribution in [1.82, 2.24) is 9.97 Å². The third kappa shape index (κ3) is 4.08. The average Bonchev–Trinajstić information content (AvgIpc) is 3.47. The Balaban J connectivity index is 1.24. The van der Waals surface area contributed by atoms with Crippen LogP contribution in [0.5, 0.6) is 5.75 Å². The molecular weight excluding hydrogens is 623 g/mol. The van der Waals surface area contributed by atoms with E-state index >= 15 is 0 Å². The summed E-state index contributed by atoms with van der Waals surface area (Å²) in [6, 6.07) is 53.6. The molecule has 1 aliphatic heterocycles. The van der Waals surface area contributed by atoms with Crippen LogP contribution in [0.2, 0.25) is 0 Å². The van der Waals surface area contributed by atoms with Crippen LogP contribution in [0.4, 0.5) is 17.2 Å². The summed E-state index contributed by atoms with van der Waals surface area (Å²) in [5.74, 6) is 1.02. The zero-order chi connectivity index (χ0) is 34.3. The Kier molecular flexibility index (Phi) is 6.34. The lowest BCUT2D eigenvalue weighted by atomic mass is 9.64. The molecule has 0 saturated heterocycles. The smallest absolute Gasteiger partial charge is 0.141 e. The predicted octanol–water partition coefficient (Wildman–Crippen LogP) is 11.4. The van der Waals surface area contributed by atoms with Crippen LogP contribution in [0.3, 0.4) is 0 Å². The van der Waals surface area contributed by atoms with Gasteiger partial charge in [0, 0.05) is 17.1 Å². The van der Waals surface area contributed by atoms with Gasteiger partial charge < -0.3 is 5.11 Å². The summed E-state index contributed by atoms with van der Waals surface area (Å²) < 4.78 is 0. The van der Waals surface area contributed by atoms with Crippen LogP contribution < -0.4 is 4.90 Å². The highest BCUT2D eigenvalue weighted by atomic mass is 16.3. The first kappa shape index (κ1) is 29.4. The van der Waals surface area contributed by atoms with Crippen LogP contribution in [0.15, 0.2) is 158 Å². The Labute approximate surface area is 297 Å². The van der Waals surface area contributed by atoms with Crippen molar-refractivity contribution in [2.45, 2.75) is 19.3 Å². The van der Waals surface area contributed by atoms with Crippen molar-refractivity contribution in [3.63, 3.8) is 0 Å². The van der Waals surface area contributed by atoms with Crippen molar-refractivity contribution in [1.29, 1.82) is 0 Å². The molecule has 1 aliphatic carbocycles. The molecule has 2 aliphatic rings. The van der Waals surface area contributed by atoms with Crippen molar-refractivity contribution >= 4 is 28.1 Å². The molecule has 0 fully saturated rings. The van der Waals surface area contributed by atoms with Crippen LogP contribution in [-0.2, 0) is 5.41 Å². The number of pyridine rings is 2. The monoisotopic (exact) mass is 655 g/mol. The average molecular weight is 656 g/mol. The normalized spacial score (nSPS) is 13.5. The molecule has 0 radical (unpaired) electrons. The summed E-state index contributed by atoms with van der Waals surface area (Å²) >= 11 is 0. The molecular formula is C47H33N3O. The second kappa shape index (κ2) is 11.0. The molecule has 3 heterocycles. The largest absolute Gasteiger partial charge is 0.506 e. The molecule has 1 N–H and O–H groups in total. The number of aryl methyl sites for hydroxylation is 2. The van der Waals surface area contributed by atoms with Crippen LogP contribution in [0.1, 0.15) is 33.4 Å². The maximum Gasteiger partial charge on any atom is 0.141 e. The predicted molar refractivity (Wildman–Crippen MR) is 207 cm³/mol. The fourth-order valence-electron chi connectivity index (χ4n) is 8.82. The van der Waals surface area contributed by atoms with Gasteiger partial charge in [0.15, 0.2) is 0 Å². The Morgan fingerprint density at radius 2 is 1.22 bits per heavy atom. The van der Waals surface area contributed by atoms with Crippen LogP contribution >= 0.6 is 0 Å². The van der Waals surface area contributed by atoms with Crippen molar-refractivity contribution in [3.05, 3.63) is 191 Å². The molecule has 2 aromatic heterocycles. The van der Waals surface area contributed by atoms with Crippen molar-refractivity contribution in [2.24, 2.45) is 0 Å². The Hall–Kier alpha value is -6.52. The molecule has 6 aromatic carbocycles. The Morgan fingerprint density at radius 3 is 1.94 bits per heavy atom. The number of rotatable bonds is 3. The van der Waals surface area contributed by atoms with E-state index in [1.54, 1.807) is 6.07 Å². The molecule has 8 aromatic rings. The number of hydrogen-bond donors (Lipinski definition) is 1. The maximum atomic E-state index is 11.2. The molecule has 0 atom stereocenters. The van der Waals surface area contributed by atoms with Gasteiger partial charge in [0.2, 0.25) is 0 Å². The van der Waals surface area contributed by atoms with Crippen molar-refractivity contribution in [2.75, 3.05) is 4.90 Å². The minimum Gasteiger partial charge on any atom is -0.506 e. The van der Waals surface area contributed by atoms with Gasteiger partial charge in [0.1, 0.15) is 17.1 Å². The number of phenolic OH excluding ortho intramolecular Hbond substituents is 1. The molecule has 0 saturated carbocycles. The lowest BCUT2D eigenvalue weighted by molar-refractivity contribution is 0.480. The highest BCUT2D eigenvalue weighted by Crippen LogP contribution is 2.63. The summed E-state index contributed by atoms with van der Waals surface area (Å²) in [6.45, 7) is 4.27. The summed E-state index contributed by atoms with van der Waals surface area (Å²) in [5, 5.41) is 12.1. The van der Waals surface area contributed by atoms with E-state index in [0.717, 1.165) is 39.4 Å². The molecule has 10 rings (SSSR count). The van der Waals surface area contributed by atoms with Crippen LogP contribution in [-0.4, -0.2) is 15.1 Å². The minimum atomic E-state index is -0.529. The lowest BCUT2D eigenvalue weighted by Gasteiger charge is -2.44. The zero-order valence-corrected chi connectivity index (χ0v) is 28.3. The van der Waals surface area contributed by atoms with Gasteiger partial charge in [-0.15, -0.1) is 0 Å². The molecule has 0 bridgehead atoms. The highest BCUT2D eigenvalue weighted by molar-refractivity contribution is 6.01. The van der Waals surface area contributed by atoms with Gasteiger partial charge in [0.05, 0.1) is 22.5 Å². The van der Waals surface area contributed by atoms with E-state index in [1.165, 1.54) is 50.1 Å². The van der Waals surface area contributed by atoms with Crippen LogP contribution in [0, 0.1) is 13.8 Å². The van der Waals surface area contributed by atoms with E-state index in [0.29, 0.717) is 5.52 Å². The van der Waals surface area contributed by atoms with Crippen LogP contribution in [0.25, 0.3) is 44.4 Å². The second-order valence-corrected chi connectivity index (χ2v) is 13.6. The van der Waals surface area contributed by atoms with Crippen molar-refractivity contribution < 1.29 is 5.11 Å². The minimum absolute atomic E-state index is 0.168. The second-order valence-electron chi connectivity index (χ2n) is 13.6. The molecule has 51 heavy (non-hydrogen) atoms. The number of nitrogens with zero attached hydrogens (tertiary/aromatic N) is 3. The zero-order valence-electron chi connectivity index (χ0n) is 28.3. The first-order valence-electron chi connectivity index (χ1n) is 17.4. The van der Waals surface area contributed by atoms with Gasteiger partial charge in [-0.05, 0) is 118 Å². The van der Waals surface area contributed by atoms with E-state index in [9.17, 15) is 5.11 Å². The Bertz CT molecular complexity index is 2630. The molecule has 4 heteroatoms. The Morgan fingerprint density at radius 1 is 0.549 bits per heavy atom. The fraction of sp³-hybridized carbons (Fsp3) is 0.0638. The summed E-state index contributed by atoms with van der Waals surface area (Å²) in [4.78, 5) is 12.3. The number of fused-ring (bicyclic) bond motifs is 10. The van der Waals surface area contributed by atoms with Gasteiger partial charge in [-0.3, -0.25) is 4.90 Å². The summed E-state index contributed by atoms with van der Waals surface area (Å²) in [7, 11) is 0. The SMILES string of the molecule is Cc1cccc(C)c1-c1ccc(O)c2nc(-c3ccc4c(c3)N(c3ccccn3)c3ccccc3C43c4ccccc4-c4ccccc43)ccc12. The highest BCUT2D eigenvalue weighted by Gasteiger charge is 2.51. The molecule has 0 unspecified atom stereocenters. The molecule has 4 nitrogen and oxygen atoms in total. The topological polar surface area (TPSA) is 49.3 Å². The number of phenols is 1. The number of para-hydroxylation sites is 1.